The van der Waals surface area contributed by atoms with E-state index in [0.717, 1.165) is 25.9 Å². The SMILES string of the molecule is O=C(NCCN1CCCS1(=O)=O)C1CCCNC1. The molecular weight excluding hydrogens is 254 g/mol. The smallest absolute Gasteiger partial charge is 0.224 e. The lowest BCUT2D eigenvalue weighted by molar-refractivity contribution is -0.125. The van der Waals surface area contributed by atoms with Gasteiger partial charge in [-0.15, -0.1) is 0 Å². The predicted molar refractivity (Wildman–Crippen MR) is 68.6 cm³/mol. The third-order valence-electron chi connectivity index (χ3n) is 3.53. The van der Waals surface area contributed by atoms with E-state index in [0.29, 0.717) is 26.1 Å². The zero-order chi connectivity index (χ0) is 13.0. The number of piperidine rings is 1. The molecule has 18 heavy (non-hydrogen) atoms. The average Bonchev–Trinajstić information content (AvgIpc) is 2.70. The fourth-order valence-electron chi connectivity index (χ4n) is 2.47. The fraction of sp³-hybridized carbons (Fsp3) is 0.909. The summed E-state index contributed by atoms with van der Waals surface area (Å²) in [6, 6.07) is 0. The number of hydrogen-bond acceptors (Lipinski definition) is 4. The first kappa shape index (κ1) is 13.8. The van der Waals surface area contributed by atoms with Gasteiger partial charge in [0.05, 0.1) is 11.7 Å². The highest BCUT2D eigenvalue weighted by Crippen LogP contribution is 2.12. The zero-order valence-corrected chi connectivity index (χ0v) is 11.3. The molecule has 0 aliphatic carbocycles. The number of nitrogens with zero attached hydrogens (tertiary/aromatic N) is 1. The minimum Gasteiger partial charge on any atom is -0.354 e. The molecule has 0 bridgehead atoms. The van der Waals surface area contributed by atoms with Crippen LogP contribution in [0.5, 0.6) is 0 Å². The molecule has 2 aliphatic rings. The van der Waals surface area contributed by atoms with Gasteiger partial charge in [-0.25, -0.2) is 12.7 Å². The van der Waals surface area contributed by atoms with Crippen LogP contribution in [0.15, 0.2) is 0 Å². The number of carbonyl (C=O) groups is 1. The number of amides is 1. The van der Waals surface area contributed by atoms with Crippen molar-refractivity contribution in [1.82, 2.24) is 14.9 Å². The third-order valence-corrected chi connectivity index (χ3v) is 5.49. The van der Waals surface area contributed by atoms with Crippen LogP contribution in [-0.2, 0) is 14.8 Å². The fourth-order valence-corrected chi connectivity index (χ4v) is 3.99. The van der Waals surface area contributed by atoms with Gasteiger partial charge in [-0.3, -0.25) is 4.79 Å². The van der Waals surface area contributed by atoms with Crippen LogP contribution < -0.4 is 10.6 Å². The van der Waals surface area contributed by atoms with Crippen molar-refractivity contribution < 1.29 is 13.2 Å². The summed E-state index contributed by atoms with van der Waals surface area (Å²) in [6.07, 6.45) is 2.64. The van der Waals surface area contributed by atoms with Gasteiger partial charge in [-0.2, -0.15) is 0 Å². The van der Waals surface area contributed by atoms with Crippen LogP contribution in [0.3, 0.4) is 0 Å². The summed E-state index contributed by atoms with van der Waals surface area (Å²) in [5.74, 6) is 0.320. The van der Waals surface area contributed by atoms with E-state index in [2.05, 4.69) is 10.6 Å². The maximum absolute atomic E-state index is 11.8. The molecule has 6 nitrogen and oxygen atoms in total. The van der Waals surface area contributed by atoms with Gasteiger partial charge in [0.2, 0.25) is 15.9 Å². The molecule has 2 fully saturated rings. The van der Waals surface area contributed by atoms with Crippen molar-refractivity contribution >= 4 is 15.9 Å². The molecule has 0 aromatic carbocycles. The highest BCUT2D eigenvalue weighted by Gasteiger charge is 2.28. The van der Waals surface area contributed by atoms with Crippen LogP contribution in [0.25, 0.3) is 0 Å². The van der Waals surface area contributed by atoms with Gasteiger partial charge in [0.15, 0.2) is 0 Å². The van der Waals surface area contributed by atoms with Gasteiger partial charge < -0.3 is 10.6 Å². The second kappa shape index (κ2) is 5.99. The number of sulfonamides is 1. The van der Waals surface area contributed by atoms with Crippen molar-refractivity contribution in [1.29, 1.82) is 0 Å². The normalized spacial score (nSPS) is 28.1. The molecule has 0 aromatic rings. The maximum Gasteiger partial charge on any atom is 0.224 e. The molecule has 7 heteroatoms. The van der Waals surface area contributed by atoms with Crippen LogP contribution >= 0.6 is 0 Å². The molecule has 0 spiro atoms. The van der Waals surface area contributed by atoms with Crippen LogP contribution in [-0.4, -0.2) is 57.1 Å². The minimum atomic E-state index is -3.04. The van der Waals surface area contributed by atoms with Crippen molar-refractivity contribution in [3.63, 3.8) is 0 Å². The molecule has 1 amide bonds. The summed E-state index contributed by atoms with van der Waals surface area (Å²) >= 11 is 0. The topological polar surface area (TPSA) is 78.5 Å². The molecule has 0 aromatic heterocycles. The Morgan fingerprint density at radius 3 is 2.83 bits per heavy atom. The Morgan fingerprint density at radius 1 is 1.39 bits per heavy atom. The summed E-state index contributed by atoms with van der Waals surface area (Å²) in [6.45, 7) is 3.11. The third kappa shape index (κ3) is 3.43. The Morgan fingerprint density at radius 2 is 2.22 bits per heavy atom. The molecule has 2 aliphatic heterocycles. The summed E-state index contributed by atoms with van der Waals surface area (Å²) < 4.78 is 24.5. The Hall–Kier alpha value is -0.660. The lowest BCUT2D eigenvalue weighted by Crippen LogP contribution is -2.43. The van der Waals surface area contributed by atoms with Gasteiger partial charge in [-0.1, -0.05) is 0 Å². The summed E-state index contributed by atoms with van der Waals surface area (Å²) in [7, 11) is -3.04. The first-order chi connectivity index (χ1) is 8.59. The monoisotopic (exact) mass is 275 g/mol. The molecule has 0 saturated carbocycles. The first-order valence-electron chi connectivity index (χ1n) is 6.56. The van der Waals surface area contributed by atoms with Crippen molar-refractivity contribution in [3.8, 4) is 0 Å². The zero-order valence-electron chi connectivity index (χ0n) is 10.5. The molecule has 2 heterocycles. The van der Waals surface area contributed by atoms with Crippen molar-refractivity contribution in [2.45, 2.75) is 19.3 Å². The van der Waals surface area contributed by atoms with E-state index >= 15 is 0 Å². The van der Waals surface area contributed by atoms with E-state index in [1.54, 1.807) is 0 Å². The van der Waals surface area contributed by atoms with Crippen LogP contribution in [0.4, 0.5) is 0 Å². The Bertz CT molecular complexity index is 390. The lowest BCUT2D eigenvalue weighted by atomic mass is 9.99. The Balaban J connectivity index is 1.70. The number of carbonyl (C=O) groups excluding carboxylic acids is 1. The minimum absolute atomic E-state index is 0.0361. The van der Waals surface area contributed by atoms with Crippen molar-refractivity contribution in [2.24, 2.45) is 5.92 Å². The standard InChI is InChI=1S/C11H21N3O3S/c15-11(10-3-1-4-12-9-10)13-5-7-14-6-2-8-18(14,16)17/h10,12H,1-9H2,(H,13,15). The molecule has 1 atom stereocenters. The van der Waals surface area contributed by atoms with E-state index in [-0.39, 0.29) is 17.6 Å². The van der Waals surface area contributed by atoms with Crippen molar-refractivity contribution in [2.75, 3.05) is 38.5 Å². The van der Waals surface area contributed by atoms with Gasteiger partial charge in [0.1, 0.15) is 0 Å². The molecule has 2 saturated heterocycles. The van der Waals surface area contributed by atoms with Crippen LogP contribution in [0, 0.1) is 5.92 Å². The second-order valence-electron chi connectivity index (χ2n) is 4.90. The first-order valence-corrected chi connectivity index (χ1v) is 8.17. The van der Waals surface area contributed by atoms with Crippen LogP contribution in [0.2, 0.25) is 0 Å². The summed E-state index contributed by atoms with van der Waals surface area (Å²) in [5, 5.41) is 6.03. The highest BCUT2D eigenvalue weighted by atomic mass is 32.2. The molecule has 2 rings (SSSR count). The number of hydrogen-bond donors (Lipinski definition) is 2. The molecule has 0 radical (unpaired) electrons. The molecular formula is C11H21N3O3S. The maximum atomic E-state index is 11.8. The van der Waals surface area contributed by atoms with Gasteiger partial charge in [-0.05, 0) is 25.8 Å². The largest absolute Gasteiger partial charge is 0.354 e. The van der Waals surface area contributed by atoms with Gasteiger partial charge in [0, 0.05) is 26.2 Å². The molecule has 104 valence electrons. The van der Waals surface area contributed by atoms with E-state index in [1.165, 1.54) is 4.31 Å². The quantitative estimate of drug-likeness (QED) is 0.700. The molecule has 1 unspecified atom stereocenters. The molecule has 2 N–H and O–H groups in total. The summed E-state index contributed by atoms with van der Waals surface area (Å²) in [5.41, 5.74) is 0. The van der Waals surface area contributed by atoms with E-state index in [4.69, 9.17) is 0 Å². The Kier molecular flexibility index (Phi) is 4.58. The van der Waals surface area contributed by atoms with E-state index in [9.17, 15) is 13.2 Å². The van der Waals surface area contributed by atoms with Gasteiger partial charge in [0.25, 0.3) is 0 Å². The summed E-state index contributed by atoms with van der Waals surface area (Å²) in [4.78, 5) is 11.8. The average molecular weight is 275 g/mol. The number of nitrogens with one attached hydrogen (secondary N) is 2. The highest BCUT2D eigenvalue weighted by molar-refractivity contribution is 7.89. The second-order valence-corrected chi connectivity index (χ2v) is 6.99. The van der Waals surface area contributed by atoms with Crippen LogP contribution in [0.1, 0.15) is 19.3 Å². The predicted octanol–water partition coefficient (Wildman–Crippen LogP) is -0.862. The number of rotatable bonds is 4. The van der Waals surface area contributed by atoms with Gasteiger partial charge >= 0.3 is 0 Å². The van der Waals surface area contributed by atoms with E-state index < -0.39 is 10.0 Å². The lowest BCUT2D eigenvalue weighted by Gasteiger charge is -2.22. The Labute approximate surface area is 108 Å². The van der Waals surface area contributed by atoms with E-state index in [1.807, 2.05) is 0 Å². The van der Waals surface area contributed by atoms with Crippen molar-refractivity contribution in [3.05, 3.63) is 0 Å².